The van der Waals surface area contributed by atoms with Crippen LogP contribution in [0, 0.1) is 5.92 Å². The first-order valence-electron chi connectivity index (χ1n) is 6.40. The second-order valence-corrected chi connectivity index (χ2v) is 6.07. The average Bonchev–Trinajstić information content (AvgIpc) is 2.15. The zero-order valence-corrected chi connectivity index (χ0v) is 11.6. The van der Waals surface area contributed by atoms with E-state index in [9.17, 15) is 4.79 Å². The van der Waals surface area contributed by atoms with Crippen LogP contribution < -0.4 is 0 Å². The maximum absolute atomic E-state index is 11.8. The second-order valence-electron chi connectivity index (χ2n) is 6.07. The van der Waals surface area contributed by atoms with Gasteiger partial charge in [0.2, 0.25) is 0 Å². The number of nitrogens with zero attached hydrogens (tertiary/aromatic N) is 1. The van der Waals surface area contributed by atoms with Gasteiger partial charge in [-0.2, -0.15) is 0 Å². The molecule has 1 saturated heterocycles. The van der Waals surface area contributed by atoms with Gasteiger partial charge >= 0.3 is 6.09 Å². The Bertz CT molecular complexity index is 283. The fourth-order valence-corrected chi connectivity index (χ4v) is 2.14. The van der Waals surface area contributed by atoms with Crippen molar-refractivity contribution in [2.45, 2.75) is 52.6 Å². The maximum atomic E-state index is 11.8. The number of carbonyl (C=O) groups is 1. The average molecular weight is 239 g/mol. The van der Waals surface area contributed by atoms with E-state index in [1.807, 2.05) is 25.7 Å². The van der Waals surface area contributed by atoms with Crippen molar-refractivity contribution in [2.24, 2.45) is 5.92 Å². The zero-order chi connectivity index (χ0) is 13.1. The van der Waals surface area contributed by atoms with Crippen LogP contribution in [0.25, 0.3) is 0 Å². The summed E-state index contributed by atoms with van der Waals surface area (Å²) in [5, 5.41) is 0. The molecule has 3 nitrogen and oxygen atoms in total. The van der Waals surface area contributed by atoms with Crippen LogP contribution >= 0.6 is 0 Å². The molecule has 0 unspecified atom stereocenters. The van der Waals surface area contributed by atoms with Crippen molar-refractivity contribution in [1.29, 1.82) is 0 Å². The minimum absolute atomic E-state index is 0.175. The van der Waals surface area contributed by atoms with Gasteiger partial charge in [-0.05, 0) is 52.9 Å². The van der Waals surface area contributed by atoms with E-state index >= 15 is 0 Å². The van der Waals surface area contributed by atoms with Crippen LogP contribution in [0.2, 0.25) is 0 Å². The number of hydrogen-bond acceptors (Lipinski definition) is 2. The van der Waals surface area contributed by atoms with Gasteiger partial charge in [0.15, 0.2) is 0 Å². The van der Waals surface area contributed by atoms with E-state index in [2.05, 4.69) is 13.5 Å². The first-order chi connectivity index (χ1) is 7.78. The summed E-state index contributed by atoms with van der Waals surface area (Å²) in [5.74, 6) is 0.686. The molecule has 0 spiro atoms. The van der Waals surface area contributed by atoms with Crippen LogP contribution in [0.5, 0.6) is 0 Å². The van der Waals surface area contributed by atoms with Crippen molar-refractivity contribution in [2.75, 3.05) is 13.1 Å². The van der Waals surface area contributed by atoms with Crippen molar-refractivity contribution in [3.8, 4) is 0 Å². The van der Waals surface area contributed by atoms with Crippen LogP contribution in [0.4, 0.5) is 4.79 Å². The number of carbonyl (C=O) groups excluding carboxylic acids is 1. The van der Waals surface area contributed by atoms with E-state index in [1.165, 1.54) is 5.57 Å². The smallest absolute Gasteiger partial charge is 0.410 e. The molecule has 0 saturated carbocycles. The van der Waals surface area contributed by atoms with Crippen molar-refractivity contribution in [3.63, 3.8) is 0 Å². The number of piperidine rings is 1. The molecule has 0 aromatic carbocycles. The number of amides is 1. The molecule has 0 aromatic rings. The molecular formula is C14H25NO2. The molecule has 1 aliphatic heterocycles. The summed E-state index contributed by atoms with van der Waals surface area (Å²) < 4.78 is 5.36. The predicted molar refractivity (Wildman–Crippen MR) is 70.0 cm³/mol. The van der Waals surface area contributed by atoms with Crippen molar-refractivity contribution < 1.29 is 9.53 Å². The Hall–Kier alpha value is -0.990. The molecule has 3 heteroatoms. The Kier molecular flexibility index (Phi) is 4.61. The van der Waals surface area contributed by atoms with Gasteiger partial charge in [0, 0.05) is 13.1 Å². The molecule has 0 atom stereocenters. The van der Waals surface area contributed by atoms with E-state index in [0.29, 0.717) is 5.92 Å². The summed E-state index contributed by atoms with van der Waals surface area (Å²) in [4.78, 5) is 13.6. The van der Waals surface area contributed by atoms with E-state index in [0.717, 1.165) is 32.4 Å². The minimum Gasteiger partial charge on any atom is -0.444 e. The Balaban J connectivity index is 2.36. The summed E-state index contributed by atoms with van der Waals surface area (Å²) >= 11 is 0. The first kappa shape index (κ1) is 14.1. The molecule has 98 valence electrons. The highest BCUT2D eigenvalue weighted by Crippen LogP contribution is 2.24. The van der Waals surface area contributed by atoms with Gasteiger partial charge < -0.3 is 9.64 Å². The van der Waals surface area contributed by atoms with Gasteiger partial charge in [0.1, 0.15) is 5.60 Å². The van der Waals surface area contributed by atoms with Crippen LogP contribution in [0.15, 0.2) is 12.2 Å². The highest BCUT2D eigenvalue weighted by Gasteiger charge is 2.26. The number of allylic oxidation sites excluding steroid dienone is 1. The fraction of sp³-hybridized carbons (Fsp3) is 0.786. The van der Waals surface area contributed by atoms with E-state index in [-0.39, 0.29) is 6.09 Å². The Labute approximate surface area is 105 Å². The normalized spacial score (nSPS) is 18.0. The lowest BCUT2D eigenvalue weighted by atomic mass is 9.91. The molecule has 1 heterocycles. The third-order valence-electron chi connectivity index (χ3n) is 2.90. The van der Waals surface area contributed by atoms with Gasteiger partial charge in [-0.15, -0.1) is 6.58 Å². The summed E-state index contributed by atoms with van der Waals surface area (Å²) in [5.41, 5.74) is 0.840. The summed E-state index contributed by atoms with van der Waals surface area (Å²) in [7, 11) is 0. The molecular weight excluding hydrogens is 214 g/mol. The molecule has 1 aliphatic rings. The third-order valence-corrected chi connectivity index (χ3v) is 2.90. The molecule has 0 radical (unpaired) electrons. The second kappa shape index (κ2) is 5.56. The van der Waals surface area contributed by atoms with E-state index in [4.69, 9.17) is 4.74 Å². The number of rotatable bonds is 2. The topological polar surface area (TPSA) is 29.5 Å². The number of hydrogen-bond donors (Lipinski definition) is 0. The Morgan fingerprint density at radius 1 is 1.35 bits per heavy atom. The molecule has 0 aromatic heterocycles. The fourth-order valence-electron chi connectivity index (χ4n) is 2.14. The maximum Gasteiger partial charge on any atom is 0.410 e. The first-order valence-corrected chi connectivity index (χ1v) is 6.40. The Morgan fingerprint density at radius 3 is 2.29 bits per heavy atom. The van der Waals surface area contributed by atoms with Gasteiger partial charge in [-0.1, -0.05) is 5.57 Å². The number of likely N-dealkylation sites (tertiary alicyclic amines) is 1. The molecule has 1 rings (SSSR count). The predicted octanol–water partition coefficient (Wildman–Crippen LogP) is 3.60. The van der Waals surface area contributed by atoms with E-state index in [1.54, 1.807) is 0 Å². The molecule has 0 aliphatic carbocycles. The summed E-state index contributed by atoms with van der Waals surface area (Å²) in [6.07, 6.45) is 3.03. The van der Waals surface area contributed by atoms with Gasteiger partial charge in [-0.25, -0.2) is 4.79 Å². The molecule has 1 amide bonds. The zero-order valence-electron chi connectivity index (χ0n) is 11.6. The van der Waals surface area contributed by atoms with Crippen molar-refractivity contribution >= 4 is 6.09 Å². The Morgan fingerprint density at radius 2 is 1.88 bits per heavy atom. The van der Waals surface area contributed by atoms with Gasteiger partial charge in [0.05, 0.1) is 0 Å². The lowest BCUT2D eigenvalue weighted by Crippen LogP contribution is -2.41. The molecule has 0 N–H and O–H groups in total. The van der Waals surface area contributed by atoms with Crippen LogP contribution in [0.3, 0.4) is 0 Å². The standard InChI is InChI=1S/C14H25NO2/c1-11(2)10-12-6-8-15(9-7-12)13(16)17-14(3,4)5/h12H,1,6-10H2,2-5H3. The largest absolute Gasteiger partial charge is 0.444 e. The summed E-state index contributed by atoms with van der Waals surface area (Å²) in [6.45, 7) is 13.3. The summed E-state index contributed by atoms with van der Waals surface area (Å²) in [6, 6.07) is 0. The van der Waals surface area contributed by atoms with Crippen LogP contribution in [-0.2, 0) is 4.74 Å². The highest BCUT2D eigenvalue weighted by molar-refractivity contribution is 5.68. The lowest BCUT2D eigenvalue weighted by Gasteiger charge is -2.33. The van der Waals surface area contributed by atoms with Crippen molar-refractivity contribution in [3.05, 3.63) is 12.2 Å². The molecule has 17 heavy (non-hydrogen) atoms. The third kappa shape index (κ3) is 5.24. The van der Waals surface area contributed by atoms with Crippen LogP contribution in [0.1, 0.15) is 47.0 Å². The quantitative estimate of drug-likeness (QED) is 0.689. The molecule has 0 bridgehead atoms. The lowest BCUT2D eigenvalue weighted by molar-refractivity contribution is 0.0184. The molecule has 1 fully saturated rings. The van der Waals surface area contributed by atoms with E-state index < -0.39 is 5.60 Å². The van der Waals surface area contributed by atoms with Crippen LogP contribution in [-0.4, -0.2) is 29.7 Å². The monoisotopic (exact) mass is 239 g/mol. The minimum atomic E-state index is -0.397. The SMILES string of the molecule is C=C(C)CC1CCN(C(=O)OC(C)(C)C)CC1. The van der Waals surface area contributed by atoms with Crippen molar-refractivity contribution in [1.82, 2.24) is 4.90 Å². The number of ether oxygens (including phenoxy) is 1. The van der Waals surface area contributed by atoms with Gasteiger partial charge in [-0.3, -0.25) is 0 Å². The van der Waals surface area contributed by atoms with Gasteiger partial charge in [0.25, 0.3) is 0 Å². The highest BCUT2D eigenvalue weighted by atomic mass is 16.6.